The van der Waals surface area contributed by atoms with Gasteiger partial charge in [0.2, 0.25) is 0 Å². The highest BCUT2D eigenvalue weighted by molar-refractivity contribution is 6.34. The van der Waals surface area contributed by atoms with Gasteiger partial charge in [-0.2, -0.15) is 0 Å². The first-order chi connectivity index (χ1) is 29.8. The maximum atomic E-state index is 2.50. The van der Waals surface area contributed by atoms with Crippen molar-refractivity contribution in [2.45, 2.75) is 0 Å². The minimum Gasteiger partial charge on any atom is -0.0616 e. The van der Waals surface area contributed by atoms with Crippen molar-refractivity contribution in [3.05, 3.63) is 194 Å². The average molecular weight is 753 g/mol. The van der Waals surface area contributed by atoms with E-state index in [1.807, 2.05) is 0 Å². The Morgan fingerprint density at radius 2 is 0.533 bits per heavy atom. The van der Waals surface area contributed by atoms with Crippen molar-refractivity contribution >= 4 is 64.6 Å². The molecule has 0 bridgehead atoms. The lowest BCUT2D eigenvalue weighted by molar-refractivity contribution is 1.67. The second-order valence-corrected chi connectivity index (χ2v) is 17.0. The summed E-state index contributed by atoms with van der Waals surface area (Å²) in [7, 11) is 0. The van der Waals surface area contributed by atoms with Crippen molar-refractivity contribution in [1.29, 1.82) is 0 Å². The third-order valence-corrected chi connectivity index (χ3v) is 14.2. The van der Waals surface area contributed by atoms with Crippen molar-refractivity contribution < 1.29 is 0 Å². The number of rotatable bonds is 2. The molecule has 0 N–H and O–H groups in total. The van der Waals surface area contributed by atoms with Crippen LogP contribution in [0.5, 0.6) is 0 Å². The van der Waals surface area contributed by atoms with Crippen LogP contribution in [0.1, 0.15) is 0 Å². The number of benzene rings is 12. The Hall–Kier alpha value is -7.80. The van der Waals surface area contributed by atoms with Gasteiger partial charge in [0.15, 0.2) is 0 Å². The summed E-state index contributed by atoms with van der Waals surface area (Å²) in [5.74, 6) is 0. The molecule has 3 aliphatic carbocycles. The Morgan fingerprint density at radius 1 is 0.167 bits per heavy atom. The largest absolute Gasteiger partial charge is 0.0616 e. The third kappa shape index (κ3) is 3.74. The monoisotopic (exact) mass is 752 g/mol. The maximum Gasteiger partial charge on any atom is -0.000696 e. The Labute approximate surface area is 346 Å². The van der Waals surface area contributed by atoms with Gasteiger partial charge in [0.05, 0.1) is 0 Å². The zero-order chi connectivity index (χ0) is 38.8. The van der Waals surface area contributed by atoms with E-state index in [9.17, 15) is 0 Å². The van der Waals surface area contributed by atoms with Crippen LogP contribution in [0.3, 0.4) is 0 Å². The number of fused-ring (bicyclic) bond motifs is 13. The van der Waals surface area contributed by atoms with E-state index in [2.05, 4.69) is 194 Å². The maximum absolute atomic E-state index is 2.50. The molecule has 12 aromatic carbocycles. The molecule has 0 atom stereocenters. The van der Waals surface area contributed by atoms with E-state index in [0.29, 0.717) is 0 Å². The fraction of sp³-hybridized carbons (Fsp3) is 0. The smallest absolute Gasteiger partial charge is 0.000696 e. The van der Waals surface area contributed by atoms with Crippen LogP contribution in [0.15, 0.2) is 194 Å². The Balaban J connectivity index is 1.18. The number of hydrogen-bond donors (Lipinski definition) is 0. The van der Waals surface area contributed by atoms with Crippen LogP contribution >= 0.6 is 0 Å². The quantitative estimate of drug-likeness (QED) is 0.122. The molecule has 15 rings (SSSR count). The molecule has 0 nitrogen and oxygen atoms in total. The fourth-order valence-electron chi connectivity index (χ4n) is 11.9. The molecule has 0 amide bonds. The minimum atomic E-state index is 1.26. The van der Waals surface area contributed by atoms with Crippen LogP contribution in [0.2, 0.25) is 0 Å². The van der Waals surface area contributed by atoms with Crippen molar-refractivity contribution in [2.24, 2.45) is 0 Å². The highest BCUT2D eigenvalue weighted by Gasteiger charge is 2.34. The van der Waals surface area contributed by atoms with Gasteiger partial charge in [0.1, 0.15) is 0 Å². The van der Waals surface area contributed by atoms with Crippen molar-refractivity contribution in [3.8, 4) is 89.0 Å². The molecule has 0 heteroatoms. The van der Waals surface area contributed by atoms with Gasteiger partial charge in [-0.05, 0) is 172 Å². The van der Waals surface area contributed by atoms with E-state index in [-0.39, 0.29) is 0 Å². The fourth-order valence-corrected chi connectivity index (χ4v) is 11.9. The second-order valence-electron chi connectivity index (χ2n) is 17.0. The molecule has 0 heterocycles. The summed E-state index contributed by atoms with van der Waals surface area (Å²) >= 11 is 0. The number of hydrogen-bond acceptors (Lipinski definition) is 0. The summed E-state index contributed by atoms with van der Waals surface area (Å²) in [5.41, 5.74) is 21.1. The van der Waals surface area contributed by atoms with Gasteiger partial charge in [-0.15, -0.1) is 0 Å². The minimum absolute atomic E-state index is 1.26. The van der Waals surface area contributed by atoms with Crippen LogP contribution in [-0.4, -0.2) is 0 Å². The molecule has 0 fully saturated rings. The normalized spacial score (nSPS) is 12.7. The van der Waals surface area contributed by atoms with Crippen molar-refractivity contribution in [3.63, 3.8) is 0 Å². The van der Waals surface area contributed by atoms with E-state index in [1.165, 1.54) is 154 Å². The highest BCUT2D eigenvalue weighted by atomic mass is 14.4. The molecule has 0 spiro atoms. The van der Waals surface area contributed by atoms with Crippen LogP contribution in [-0.2, 0) is 0 Å². The van der Waals surface area contributed by atoms with E-state index < -0.39 is 0 Å². The molecule has 0 saturated carbocycles. The van der Waals surface area contributed by atoms with Crippen LogP contribution in [0.4, 0.5) is 0 Å². The summed E-state index contributed by atoms with van der Waals surface area (Å²) in [6, 6.07) is 73.9. The van der Waals surface area contributed by atoms with E-state index in [0.717, 1.165) is 0 Å². The first-order valence-electron chi connectivity index (χ1n) is 21.1. The third-order valence-electron chi connectivity index (χ3n) is 14.2. The van der Waals surface area contributed by atoms with Crippen LogP contribution in [0, 0.1) is 0 Å². The Bertz CT molecular complexity index is 3930. The lowest BCUT2D eigenvalue weighted by Gasteiger charge is -2.23. The van der Waals surface area contributed by atoms with Crippen molar-refractivity contribution in [2.75, 3.05) is 0 Å². The molecular weight excluding hydrogens is 721 g/mol. The predicted octanol–water partition coefficient (Wildman–Crippen LogP) is 16.9. The van der Waals surface area contributed by atoms with Crippen LogP contribution in [0.25, 0.3) is 154 Å². The van der Waals surface area contributed by atoms with Gasteiger partial charge in [0, 0.05) is 0 Å². The molecule has 3 aliphatic rings. The molecule has 272 valence electrons. The van der Waals surface area contributed by atoms with Gasteiger partial charge in [-0.25, -0.2) is 0 Å². The predicted molar refractivity (Wildman–Crippen MR) is 256 cm³/mol. The summed E-state index contributed by atoms with van der Waals surface area (Å²) in [4.78, 5) is 0. The van der Waals surface area contributed by atoms with Gasteiger partial charge in [0.25, 0.3) is 0 Å². The lowest BCUT2D eigenvalue weighted by Crippen LogP contribution is -1.96. The SMILES string of the molecule is c1ccc2c(c1)-c1cccc3c(-c4c5c(c(-c6ccc7c8c(cccc68)-c6ccccc6-7)c6cc7ccccc7cc46)-c4cc6ccccc6c6cccc-5c46)ccc-2c13. The van der Waals surface area contributed by atoms with E-state index >= 15 is 0 Å². The molecule has 0 unspecified atom stereocenters. The second kappa shape index (κ2) is 11.0. The first kappa shape index (κ1) is 31.2. The van der Waals surface area contributed by atoms with Gasteiger partial charge in [-0.3, -0.25) is 0 Å². The molecule has 0 saturated heterocycles. The average Bonchev–Trinajstić information content (AvgIpc) is 3.94. The Morgan fingerprint density at radius 3 is 1.08 bits per heavy atom. The highest BCUT2D eigenvalue weighted by Crippen LogP contribution is 2.61. The summed E-state index contributed by atoms with van der Waals surface area (Å²) in [6.45, 7) is 0. The Kier molecular flexibility index (Phi) is 5.74. The molecular formula is C60H32. The molecule has 0 aromatic heterocycles. The topological polar surface area (TPSA) is 0 Å². The van der Waals surface area contributed by atoms with E-state index in [1.54, 1.807) is 0 Å². The van der Waals surface area contributed by atoms with Crippen LogP contribution < -0.4 is 0 Å². The lowest BCUT2D eigenvalue weighted by atomic mass is 9.79. The molecule has 60 heavy (non-hydrogen) atoms. The zero-order valence-electron chi connectivity index (χ0n) is 32.5. The molecule has 12 aromatic rings. The summed E-state index contributed by atoms with van der Waals surface area (Å²) in [5, 5.41) is 15.7. The van der Waals surface area contributed by atoms with Gasteiger partial charge in [-0.1, -0.05) is 176 Å². The van der Waals surface area contributed by atoms with E-state index in [4.69, 9.17) is 0 Å². The molecule has 0 aliphatic heterocycles. The zero-order valence-corrected chi connectivity index (χ0v) is 32.5. The first-order valence-corrected chi connectivity index (χ1v) is 21.1. The summed E-state index contributed by atoms with van der Waals surface area (Å²) < 4.78 is 0. The van der Waals surface area contributed by atoms with Gasteiger partial charge >= 0.3 is 0 Å². The van der Waals surface area contributed by atoms with Gasteiger partial charge < -0.3 is 0 Å². The molecule has 0 radical (unpaired) electrons. The van der Waals surface area contributed by atoms with Crippen molar-refractivity contribution in [1.82, 2.24) is 0 Å². The summed E-state index contributed by atoms with van der Waals surface area (Å²) in [6.07, 6.45) is 0. The standard InChI is InChI=1S/C60H32/c1-2-13-34-31-52-51(30-33(34)12-1)57(48-28-26-46-39-18-7-5-16-37(39)42-21-9-23-44(48)54(42)46)59-50-25-11-20-41-36-15-4-3-14-35(36)32-53(56(41)50)60(59)58(52)49-29-27-47-40-19-8-6-17-38(40)43-22-10-24-45(49)55(43)47/h1-32H.